The average Bonchev–Trinajstić information content (AvgIpc) is 2.78. The van der Waals surface area contributed by atoms with Gasteiger partial charge < -0.3 is 4.74 Å². The molecule has 0 saturated carbocycles. The lowest BCUT2D eigenvalue weighted by molar-refractivity contribution is 0.309. The minimum Gasteiger partial charge on any atom is -0.497 e. The Morgan fingerprint density at radius 2 is 2.31 bits per heavy atom. The molecule has 2 aromatic rings. The summed E-state index contributed by atoms with van der Waals surface area (Å²) in [5, 5.41) is 7.15. The van der Waals surface area contributed by atoms with Crippen LogP contribution in [0.1, 0.15) is 0 Å². The third-order valence-electron chi connectivity index (χ3n) is 1.97. The number of methoxy groups -OCH3 is 1. The van der Waals surface area contributed by atoms with Gasteiger partial charge in [-0.25, -0.2) is 9.42 Å². The molecule has 6 nitrogen and oxygen atoms in total. The predicted molar refractivity (Wildman–Crippen MR) is 54.1 cm³/mol. The number of rotatable bonds is 3. The molecule has 0 aliphatic heterocycles. The highest BCUT2D eigenvalue weighted by atomic mass is 16.6. The molecular weight excluding hydrogens is 210 g/mol. The third-order valence-corrected chi connectivity index (χ3v) is 1.97. The zero-order valence-corrected chi connectivity index (χ0v) is 8.38. The van der Waals surface area contributed by atoms with Crippen LogP contribution in [0.2, 0.25) is 0 Å². The molecule has 0 radical (unpaired) electrons. The summed E-state index contributed by atoms with van der Waals surface area (Å²) in [5.74, 6) is 0.768. The van der Waals surface area contributed by atoms with E-state index in [1.807, 2.05) is 0 Å². The molecule has 0 bridgehead atoms. The van der Waals surface area contributed by atoms with E-state index in [9.17, 15) is 4.79 Å². The summed E-state index contributed by atoms with van der Waals surface area (Å²) in [7, 11) is 1.56. The molecule has 0 aliphatic carbocycles. The largest absolute Gasteiger partial charge is 0.497 e. The maximum absolute atomic E-state index is 10.2. The first-order valence-corrected chi connectivity index (χ1v) is 4.40. The fraction of sp³-hybridized carbons (Fsp3) is 0.100. The van der Waals surface area contributed by atoms with Crippen molar-refractivity contribution in [2.45, 2.75) is 0 Å². The van der Waals surface area contributed by atoms with Gasteiger partial charge in [0, 0.05) is 5.56 Å². The van der Waals surface area contributed by atoms with E-state index in [0.717, 1.165) is 0 Å². The van der Waals surface area contributed by atoms with E-state index >= 15 is 0 Å². The quantitative estimate of drug-likeness (QED) is 0.577. The summed E-state index contributed by atoms with van der Waals surface area (Å²) in [5.41, 5.74) is 1.08. The monoisotopic (exact) mass is 217 g/mol. The first-order valence-electron chi connectivity index (χ1n) is 4.40. The van der Waals surface area contributed by atoms with Crippen molar-refractivity contribution in [3.63, 3.8) is 0 Å². The van der Waals surface area contributed by atoms with Gasteiger partial charge in [-0.15, -0.1) is 4.99 Å². The van der Waals surface area contributed by atoms with Crippen LogP contribution in [-0.2, 0) is 4.79 Å². The van der Waals surface area contributed by atoms with Crippen LogP contribution >= 0.6 is 0 Å². The lowest BCUT2D eigenvalue weighted by Crippen LogP contribution is -1.84. The maximum Gasteiger partial charge on any atom is 0.242 e. The summed E-state index contributed by atoms with van der Waals surface area (Å²) < 4.78 is 9.58. The highest BCUT2D eigenvalue weighted by molar-refractivity contribution is 5.71. The van der Waals surface area contributed by atoms with Gasteiger partial charge in [-0.1, -0.05) is 12.1 Å². The molecule has 0 amide bonds. The molecule has 0 fully saturated rings. The fourth-order valence-corrected chi connectivity index (χ4v) is 1.25. The molecular formula is C10H7N3O3. The van der Waals surface area contributed by atoms with E-state index in [-0.39, 0.29) is 5.82 Å². The Hall–Kier alpha value is -2.46. The van der Waals surface area contributed by atoms with Crippen LogP contribution in [0.3, 0.4) is 0 Å². The van der Waals surface area contributed by atoms with Crippen LogP contribution in [0, 0.1) is 0 Å². The highest BCUT2D eigenvalue weighted by Gasteiger charge is 2.11. The van der Waals surface area contributed by atoms with E-state index < -0.39 is 0 Å². The normalized spacial score (nSPS) is 9.56. The molecule has 0 spiro atoms. The van der Waals surface area contributed by atoms with Gasteiger partial charge in [-0.2, -0.15) is 0 Å². The number of hydrogen-bond acceptors (Lipinski definition) is 6. The summed E-state index contributed by atoms with van der Waals surface area (Å²) >= 11 is 0. The van der Waals surface area contributed by atoms with E-state index in [1.54, 1.807) is 31.4 Å². The molecule has 6 heteroatoms. The van der Waals surface area contributed by atoms with Gasteiger partial charge >= 0.3 is 0 Å². The Morgan fingerprint density at radius 1 is 1.44 bits per heavy atom. The molecule has 0 unspecified atom stereocenters. The van der Waals surface area contributed by atoms with Crippen molar-refractivity contribution in [1.29, 1.82) is 0 Å². The molecule has 1 aromatic carbocycles. The molecule has 2 rings (SSSR count). The summed E-state index contributed by atoms with van der Waals surface area (Å²) in [6.45, 7) is 0. The fourth-order valence-electron chi connectivity index (χ4n) is 1.25. The maximum atomic E-state index is 10.2. The first kappa shape index (κ1) is 10.1. The number of aliphatic imine (C=N–C) groups is 1. The molecule has 80 valence electrons. The molecule has 1 aromatic heterocycles. The van der Waals surface area contributed by atoms with Crippen LogP contribution < -0.4 is 4.74 Å². The lowest BCUT2D eigenvalue weighted by Gasteiger charge is -2.00. The summed E-state index contributed by atoms with van der Waals surface area (Å²) in [4.78, 5) is 13.5. The minimum atomic E-state index is 0.100. The number of aromatic nitrogens is 2. The molecule has 16 heavy (non-hydrogen) atoms. The van der Waals surface area contributed by atoms with Crippen LogP contribution in [0.15, 0.2) is 33.9 Å². The van der Waals surface area contributed by atoms with Gasteiger partial charge in [-0.3, -0.25) is 0 Å². The number of hydrogen-bond donors (Lipinski definition) is 0. The number of benzene rings is 1. The van der Waals surface area contributed by atoms with Crippen molar-refractivity contribution in [3.05, 3.63) is 24.3 Å². The molecule has 0 aliphatic rings. The molecule has 0 N–H and O–H groups in total. The topological polar surface area (TPSA) is 77.6 Å². The number of ether oxygens (including phenoxy) is 1. The molecule has 0 atom stereocenters. The Labute approximate surface area is 90.5 Å². The van der Waals surface area contributed by atoms with Crippen molar-refractivity contribution in [1.82, 2.24) is 10.3 Å². The van der Waals surface area contributed by atoms with Crippen LogP contribution in [0.25, 0.3) is 11.3 Å². The Bertz CT molecular complexity index is 544. The smallest absolute Gasteiger partial charge is 0.242 e. The minimum absolute atomic E-state index is 0.100. The van der Waals surface area contributed by atoms with Crippen molar-refractivity contribution >= 4 is 11.9 Å². The molecule has 0 saturated heterocycles. The second-order valence-electron chi connectivity index (χ2n) is 2.87. The highest BCUT2D eigenvalue weighted by Crippen LogP contribution is 2.28. The average molecular weight is 217 g/mol. The van der Waals surface area contributed by atoms with Gasteiger partial charge in [0.25, 0.3) is 0 Å². The number of nitrogens with zero attached hydrogens (tertiary/aromatic N) is 3. The van der Waals surface area contributed by atoms with E-state index in [4.69, 9.17) is 4.74 Å². The Balaban J connectivity index is 2.49. The van der Waals surface area contributed by atoms with E-state index in [0.29, 0.717) is 17.0 Å². The van der Waals surface area contributed by atoms with Crippen molar-refractivity contribution in [3.8, 4) is 17.0 Å². The van der Waals surface area contributed by atoms with Crippen LogP contribution in [0.5, 0.6) is 5.75 Å². The predicted octanol–water partition coefficient (Wildman–Crippen LogP) is 1.71. The zero-order valence-electron chi connectivity index (χ0n) is 8.38. The van der Waals surface area contributed by atoms with Gasteiger partial charge in [0.2, 0.25) is 11.9 Å². The standard InChI is InChI=1S/C10H7N3O3/c1-15-8-4-2-3-7(5-8)9-10(11-6-14)13-16-12-9/h2-5H,1H3. The van der Waals surface area contributed by atoms with Crippen molar-refractivity contribution in [2.24, 2.45) is 4.99 Å². The van der Waals surface area contributed by atoms with E-state index in [2.05, 4.69) is 19.9 Å². The van der Waals surface area contributed by atoms with Gasteiger partial charge in [0.05, 0.1) is 7.11 Å². The first-order chi connectivity index (χ1) is 7.85. The van der Waals surface area contributed by atoms with Crippen LogP contribution in [0.4, 0.5) is 5.82 Å². The summed E-state index contributed by atoms with van der Waals surface area (Å²) in [6.07, 6.45) is 1.39. The van der Waals surface area contributed by atoms with Crippen molar-refractivity contribution < 1.29 is 14.2 Å². The Morgan fingerprint density at radius 3 is 3.06 bits per heavy atom. The van der Waals surface area contributed by atoms with Gasteiger partial charge in [-0.05, 0) is 22.4 Å². The SMILES string of the molecule is COc1cccc(-c2nonc2N=C=O)c1. The van der Waals surface area contributed by atoms with Crippen LogP contribution in [-0.4, -0.2) is 23.5 Å². The number of carbonyl (C=O) groups excluding carboxylic acids is 1. The van der Waals surface area contributed by atoms with Gasteiger partial charge in [0.1, 0.15) is 5.75 Å². The second kappa shape index (κ2) is 4.37. The van der Waals surface area contributed by atoms with Gasteiger partial charge in [0.15, 0.2) is 5.69 Å². The van der Waals surface area contributed by atoms with Crippen molar-refractivity contribution in [2.75, 3.05) is 7.11 Å². The Kier molecular flexibility index (Phi) is 2.75. The second-order valence-corrected chi connectivity index (χ2v) is 2.87. The van der Waals surface area contributed by atoms with E-state index in [1.165, 1.54) is 6.08 Å². The molecule has 1 heterocycles. The summed E-state index contributed by atoms with van der Waals surface area (Å²) in [6, 6.07) is 7.10. The zero-order chi connectivity index (χ0) is 11.4. The third kappa shape index (κ3) is 1.82. The number of isocyanates is 1. The lowest BCUT2D eigenvalue weighted by atomic mass is 10.1.